The largest absolute Gasteiger partial charge is 0.382 e. The molecule has 0 aliphatic rings. The molecule has 0 bridgehead atoms. The van der Waals surface area contributed by atoms with Crippen molar-refractivity contribution in [3.05, 3.63) is 76.7 Å². The molecule has 0 aliphatic carbocycles. The molecule has 0 saturated carbocycles. The van der Waals surface area contributed by atoms with Gasteiger partial charge in [-0.15, -0.1) is 0 Å². The van der Waals surface area contributed by atoms with E-state index in [9.17, 15) is 13.2 Å². The zero-order valence-corrected chi connectivity index (χ0v) is 16.7. The number of rotatable bonds is 6. The molecule has 0 aliphatic heterocycles. The quantitative estimate of drug-likeness (QED) is 0.415. The summed E-state index contributed by atoms with van der Waals surface area (Å²) >= 11 is 6.25. The van der Waals surface area contributed by atoms with Gasteiger partial charge in [0.05, 0.1) is 9.93 Å². The van der Waals surface area contributed by atoms with Crippen LogP contribution in [-0.2, 0) is 9.84 Å². The molecule has 1 heterocycles. The Morgan fingerprint density at radius 2 is 1.78 bits per heavy atom. The van der Waals surface area contributed by atoms with Crippen molar-refractivity contribution in [2.75, 3.05) is 20.4 Å². The lowest BCUT2D eigenvalue weighted by Gasteiger charge is -2.10. The number of hydrogen-bond donors (Lipinski definition) is 0. The predicted octanol–water partition coefficient (Wildman–Crippen LogP) is 3.70. The molecule has 2 rings (SSSR count). The first-order chi connectivity index (χ1) is 13.8. The van der Waals surface area contributed by atoms with E-state index in [-0.39, 0.29) is 26.8 Å². The number of carbonyl (C=O) groups excluding carboxylic acids is 1. The highest BCUT2D eigenvalue weighted by Crippen LogP contribution is 2.24. The van der Waals surface area contributed by atoms with Crippen LogP contribution in [0.5, 0.6) is 0 Å². The highest BCUT2D eigenvalue weighted by Gasteiger charge is 2.16. The molecular weight excluding hydrogens is 384 g/mol. The highest BCUT2D eigenvalue weighted by atomic mass is 35.5. The second-order valence-corrected chi connectivity index (χ2v) is 8.55. The van der Waals surface area contributed by atoms with Crippen LogP contribution in [0.15, 0.2) is 64.8 Å². The van der Waals surface area contributed by atoms with Crippen LogP contribution in [-0.4, -0.2) is 44.4 Å². The summed E-state index contributed by atoms with van der Waals surface area (Å²) in [4.78, 5) is 18.8. The first-order valence-corrected chi connectivity index (χ1v) is 10.1. The van der Waals surface area contributed by atoms with Gasteiger partial charge in [0.1, 0.15) is 0 Å². The van der Waals surface area contributed by atoms with E-state index in [2.05, 4.69) is 4.98 Å². The molecule has 1 aromatic carbocycles. The minimum atomic E-state index is -3.39. The maximum Gasteiger partial charge on any atom is 0.195 e. The zero-order valence-electron chi connectivity index (χ0n) is 18.1. The summed E-state index contributed by atoms with van der Waals surface area (Å²) in [5.74, 6) is -0.433. The standard InChI is InChI=1S/C20H21ClN2O3S/c1-14-5-6-16(12-22-14)20(24)19(11-17(21)13-23(2)3)15-7-9-18(10-8-15)27(4,25)26/h5-13H,1-4H3/b17-13-,19-11-/i1D3. The summed E-state index contributed by atoms with van der Waals surface area (Å²) in [6.45, 7) is -2.38. The fourth-order valence-electron chi connectivity index (χ4n) is 2.27. The first-order valence-electron chi connectivity index (χ1n) is 9.36. The number of halogens is 1. The number of benzene rings is 1. The maximum absolute atomic E-state index is 13.1. The number of carbonyl (C=O) groups is 1. The minimum Gasteiger partial charge on any atom is -0.382 e. The van der Waals surface area contributed by atoms with Gasteiger partial charge in [0.25, 0.3) is 0 Å². The molecule has 0 radical (unpaired) electrons. The van der Waals surface area contributed by atoms with Crippen LogP contribution in [0.3, 0.4) is 0 Å². The van der Waals surface area contributed by atoms with Gasteiger partial charge in [-0.05, 0) is 42.8 Å². The van der Waals surface area contributed by atoms with E-state index in [0.717, 1.165) is 6.26 Å². The number of sulfone groups is 1. The Labute approximate surface area is 169 Å². The Balaban J connectivity index is 2.53. The molecule has 0 N–H and O–H groups in total. The number of nitrogens with zero attached hydrogens (tertiary/aromatic N) is 2. The van der Waals surface area contributed by atoms with Crippen molar-refractivity contribution in [1.82, 2.24) is 9.88 Å². The molecule has 2 aromatic rings. The third-order valence-electron chi connectivity index (χ3n) is 3.53. The van der Waals surface area contributed by atoms with Crippen LogP contribution in [0.25, 0.3) is 5.57 Å². The molecule has 27 heavy (non-hydrogen) atoms. The summed E-state index contributed by atoms with van der Waals surface area (Å²) in [7, 11) is 0.161. The van der Waals surface area contributed by atoms with Gasteiger partial charge in [-0.2, -0.15) is 0 Å². The Morgan fingerprint density at radius 1 is 1.15 bits per heavy atom. The Hall–Kier alpha value is -2.44. The molecule has 0 atom stereocenters. The van der Waals surface area contributed by atoms with Gasteiger partial charge in [-0.3, -0.25) is 9.78 Å². The lowest BCUT2D eigenvalue weighted by molar-refractivity contribution is 0.105. The first kappa shape index (κ1) is 16.7. The Bertz CT molecular complexity index is 1090. The van der Waals surface area contributed by atoms with E-state index >= 15 is 0 Å². The molecule has 0 unspecified atom stereocenters. The van der Waals surface area contributed by atoms with E-state index in [0.29, 0.717) is 5.56 Å². The van der Waals surface area contributed by atoms with Crippen molar-refractivity contribution in [3.8, 4) is 0 Å². The number of aromatic nitrogens is 1. The second-order valence-electron chi connectivity index (χ2n) is 6.09. The molecule has 142 valence electrons. The van der Waals surface area contributed by atoms with Crippen molar-refractivity contribution in [2.24, 2.45) is 0 Å². The topological polar surface area (TPSA) is 67.3 Å². The van der Waals surface area contributed by atoms with Crippen LogP contribution >= 0.6 is 11.6 Å². The number of ketones is 1. The maximum atomic E-state index is 13.1. The Kier molecular flexibility index (Phi) is 5.26. The molecule has 0 spiro atoms. The average molecular weight is 408 g/mol. The summed E-state index contributed by atoms with van der Waals surface area (Å²) < 4.78 is 45.6. The number of allylic oxidation sites excluding steroid dienone is 3. The van der Waals surface area contributed by atoms with E-state index in [4.69, 9.17) is 15.7 Å². The smallest absolute Gasteiger partial charge is 0.195 e. The minimum absolute atomic E-state index is 0.118. The van der Waals surface area contributed by atoms with Gasteiger partial charge in [-0.25, -0.2) is 8.42 Å². The van der Waals surface area contributed by atoms with Gasteiger partial charge in [0, 0.05) is 53.7 Å². The fourth-order valence-corrected chi connectivity index (χ4v) is 3.20. The van der Waals surface area contributed by atoms with E-state index < -0.39 is 22.5 Å². The van der Waals surface area contributed by atoms with Crippen molar-refractivity contribution in [3.63, 3.8) is 0 Å². The average Bonchev–Trinajstić information content (AvgIpc) is 2.64. The number of pyridine rings is 1. The molecule has 5 nitrogen and oxygen atoms in total. The van der Waals surface area contributed by atoms with Crippen molar-refractivity contribution < 1.29 is 17.3 Å². The molecule has 1 aromatic heterocycles. The summed E-state index contributed by atoms with van der Waals surface area (Å²) in [5.41, 5.74) is 0.725. The SMILES string of the molecule is [2H]C([2H])([2H])c1ccc(C(=O)/C(=C\C(Cl)=C\N(C)C)c2ccc(S(C)(=O)=O)cc2)cn1. The molecule has 0 amide bonds. The summed E-state index contributed by atoms with van der Waals surface area (Å²) in [5, 5.41) is 0.280. The van der Waals surface area contributed by atoms with Crippen molar-refractivity contribution >= 4 is 32.8 Å². The van der Waals surface area contributed by atoms with Gasteiger partial charge in [-0.1, -0.05) is 23.7 Å². The van der Waals surface area contributed by atoms with Crippen LogP contribution in [0.2, 0.25) is 0 Å². The van der Waals surface area contributed by atoms with Crippen LogP contribution in [0, 0.1) is 6.85 Å². The van der Waals surface area contributed by atoms with E-state index in [1.165, 1.54) is 48.7 Å². The second kappa shape index (κ2) is 8.50. The molecular formula is C20H21ClN2O3S. The monoisotopic (exact) mass is 407 g/mol. The number of hydrogen-bond acceptors (Lipinski definition) is 5. The summed E-state index contributed by atoms with van der Waals surface area (Å²) in [6.07, 6.45) is 5.37. The lowest BCUT2D eigenvalue weighted by atomic mass is 9.97. The Morgan fingerprint density at radius 3 is 2.26 bits per heavy atom. The van der Waals surface area contributed by atoms with Crippen LogP contribution in [0.1, 0.15) is 25.7 Å². The van der Waals surface area contributed by atoms with E-state index in [1.54, 1.807) is 25.2 Å². The van der Waals surface area contributed by atoms with Crippen molar-refractivity contribution in [2.45, 2.75) is 11.7 Å². The van der Waals surface area contributed by atoms with E-state index in [1.807, 2.05) is 0 Å². The van der Waals surface area contributed by atoms with Gasteiger partial charge < -0.3 is 4.90 Å². The molecule has 0 fully saturated rings. The molecule has 0 saturated heterocycles. The number of aryl methyl sites for hydroxylation is 1. The summed E-state index contributed by atoms with van der Waals surface area (Å²) in [6, 6.07) is 8.52. The number of Topliss-reactive ketones (excluding diaryl/α,β-unsaturated/α-hetero) is 1. The predicted molar refractivity (Wildman–Crippen MR) is 108 cm³/mol. The molecule has 7 heteroatoms. The normalized spacial score (nSPS) is 14.9. The lowest BCUT2D eigenvalue weighted by Crippen LogP contribution is -2.06. The zero-order chi connectivity index (χ0) is 22.7. The fraction of sp³-hybridized carbons (Fsp3) is 0.200. The van der Waals surface area contributed by atoms with Crippen LogP contribution < -0.4 is 0 Å². The van der Waals surface area contributed by atoms with Crippen LogP contribution in [0.4, 0.5) is 0 Å². The van der Waals surface area contributed by atoms with Gasteiger partial charge >= 0.3 is 0 Å². The van der Waals surface area contributed by atoms with Crippen molar-refractivity contribution in [1.29, 1.82) is 0 Å². The third-order valence-corrected chi connectivity index (χ3v) is 4.86. The third kappa shape index (κ3) is 5.77. The van der Waals surface area contributed by atoms with Gasteiger partial charge in [0.2, 0.25) is 0 Å². The van der Waals surface area contributed by atoms with Gasteiger partial charge in [0.15, 0.2) is 15.6 Å². The highest BCUT2D eigenvalue weighted by molar-refractivity contribution is 7.90.